The van der Waals surface area contributed by atoms with E-state index in [1.54, 1.807) is 0 Å². The predicted molar refractivity (Wildman–Crippen MR) is 94.6 cm³/mol. The van der Waals surface area contributed by atoms with Gasteiger partial charge in [-0.2, -0.15) is 0 Å². The van der Waals surface area contributed by atoms with Crippen LogP contribution >= 0.6 is 0 Å². The highest BCUT2D eigenvalue weighted by Crippen LogP contribution is 2.20. The van der Waals surface area contributed by atoms with Gasteiger partial charge in [0.15, 0.2) is 0 Å². The van der Waals surface area contributed by atoms with Crippen molar-refractivity contribution in [2.24, 2.45) is 5.92 Å². The highest BCUT2D eigenvalue weighted by atomic mass is 16.3. The number of allylic oxidation sites excluding steroid dienone is 2. The van der Waals surface area contributed by atoms with Crippen LogP contribution in [0, 0.1) is 5.92 Å². The van der Waals surface area contributed by atoms with E-state index in [2.05, 4.69) is 22.8 Å². The zero-order chi connectivity index (χ0) is 17.4. The number of anilines is 1. The monoisotopic (exact) mass is 330 g/mol. The largest absolute Gasteiger partial charge is 0.394 e. The zero-order valence-corrected chi connectivity index (χ0v) is 14.1. The number of hydrogen-bond acceptors (Lipinski definition) is 3. The first kappa shape index (κ1) is 18.2. The molecule has 2 amide bonds. The second-order valence-electron chi connectivity index (χ2n) is 6.20. The van der Waals surface area contributed by atoms with Gasteiger partial charge in [-0.3, -0.25) is 9.59 Å². The third-order valence-corrected chi connectivity index (χ3v) is 4.30. The summed E-state index contributed by atoms with van der Waals surface area (Å²) in [6, 6.07) is 7.14. The number of aliphatic hydroxyl groups is 1. The second kappa shape index (κ2) is 9.23. The molecule has 2 atom stereocenters. The Morgan fingerprint density at radius 3 is 2.58 bits per heavy atom. The Morgan fingerprint density at radius 1 is 1.25 bits per heavy atom. The van der Waals surface area contributed by atoms with E-state index in [9.17, 15) is 9.59 Å². The fourth-order valence-corrected chi connectivity index (χ4v) is 2.72. The fourth-order valence-electron chi connectivity index (χ4n) is 2.72. The molecule has 0 fully saturated rings. The summed E-state index contributed by atoms with van der Waals surface area (Å²) in [6.45, 7) is 1.87. The number of hydrogen-bond donors (Lipinski definition) is 3. The molecule has 1 aliphatic rings. The third kappa shape index (κ3) is 5.49. The minimum atomic E-state index is -0.194. The van der Waals surface area contributed by atoms with Crippen molar-refractivity contribution >= 4 is 17.5 Å². The summed E-state index contributed by atoms with van der Waals surface area (Å²) in [5.74, 6) is -0.00910. The Kier molecular flexibility index (Phi) is 7.00. The van der Waals surface area contributed by atoms with Gasteiger partial charge in [-0.15, -0.1) is 0 Å². The summed E-state index contributed by atoms with van der Waals surface area (Å²) < 4.78 is 0. The number of amides is 2. The lowest BCUT2D eigenvalue weighted by molar-refractivity contribution is -0.121. The van der Waals surface area contributed by atoms with Crippen LogP contribution in [0.2, 0.25) is 0 Å². The van der Waals surface area contributed by atoms with Crippen molar-refractivity contribution < 1.29 is 14.7 Å². The molecular weight excluding hydrogens is 304 g/mol. The SMILES string of the molecule is CCC(CO)NC(=O)Cc1ccc(NC(=O)C2CC=CCC2)cc1. The van der Waals surface area contributed by atoms with Gasteiger partial charge in [0.2, 0.25) is 11.8 Å². The van der Waals surface area contributed by atoms with Crippen molar-refractivity contribution in [3.05, 3.63) is 42.0 Å². The molecule has 0 aliphatic heterocycles. The van der Waals surface area contributed by atoms with Crippen LogP contribution in [0.25, 0.3) is 0 Å². The van der Waals surface area contributed by atoms with Crippen molar-refractivity contribution in [2.45, 2.75) is 45.1 Å². The van der Waals surface area contributed by atoms with Crippen LogP contribution in [0.3, 0.4) is 0 Å². The van der Waals surface area contributed by atoms with Crippen molar-refractivity contribution in [3.8, 4) is 0 Å². The zero-order valence-electron chi connectivity index (χ0n) is 14.1. The van der Waals surface area contributed by atoms with Crippen LogP contribution in [0.4, 0.5) is 5.69 Å². The van der Waals surface area contributed by atoms with E-state index in [1.165, 1.54) is 0 Å². The molecule has 0 bridgehead atoms. The molecule has 1 aromatic carbocycles. The predicted octanol–water partition coefficient (Wildman–Crippen LogP) is 2.41. The summed E-state index contributed by atoms with van der Waals surface area (Å²) >= 11 is 0. The minimum absolute atomic E-state index is 0.0462. The summed E-state index contributed by atoms with van der Waals surface area (Å²) in [4.78, 5) is 24.1. The van der Waals surface area contributed by atoms with E-state index in [0.29, 0.717) is 6.42 Å². The van der Waals surface area contributed by atoms with Gasteiger partial charge in [-0.25, -0.2) is 0 Å². The lowest BCUT2D eigenvalue weighted by Crippen LogP contribution is -2.37. The van der Waals surface area contributed by atoms with Crippen LogP contribution in [-0.4, -0.2) is 29.6 Å². The van der Waals surface area contributed by atoms with Crippen LogP contribution in [0.15, 0.2) is 36.4 Å². The highest BCUT2D eigenvalue weighted by molar-refractivity contribution is 5.92. The molecule has 2 unspecified atom stereocenters. The number of nitrogens with one attached hydrogen (secondary N) is 2. The Balaban J connectivity index is 1.85. The van der Waals surface area contributed by atoms with E-state index in [1.807, 2.05) is 31.2 Å². The molecule has 0 aromatic heterocycles. The van der Waals surface area contributed by atoms with E-state index in [4.69, 9.17) is 5.11 Å². The minimum Gasteiger partial charge on any atom is -0.394 e. The lowest BCUT2D eigenvalue weighted by Gasteiger charge is -2.17. The van der Waals surface area contributed by atoms with E-state index >= 15 is 0 Å². The average Bonchev–Trinajstić information content (AvgIpc) is 2.62. The first-order valence-electron chi connectivity index (χ1n) is 8.57. The summed E-state index contributed by atoms with van der Waals surface area (Å²) in [6.07, 6.45) is 7.78. The summed E-state index contributed by atoms with van der Waals surface area (Å²) in [5, 5.41) is 14.8. The first-order valence-corrected chi connectivity index (χ1v) is 8.57. The maximum atomic E-state index is 12.2. The van der Waals surface area contributed by atoms with Crippen molar-refractivity contribution in [3.63, 3.8) is 0 Å². The van der Waals surface area contributed by atoms with Crippen molar-refractivity contribution in [1.82, 2.24) is 5.32 Å². The van der Waals surface area contributed by atoms with Gasteiger partial charge in [-0.05, 0) is 43.4 Å². The summed E-state index contributed by atoms with van der Waals surface area (Å²) in [7, 11) is 0. The topological polar surface area (TPSA) is 78.4 Å². The molecular formula is C19H26N2O3. The molecule has 2 rings (SSSR count). The number of benzene rings is 1. The van der Waals surface area contributed by atoms with Crippen LogP contribution in [0.1, 0.15) is 38.2 Å². The van der Waals surface area contributed by atoms with E-state index < -0.39 is 0 Å². The Hall–Kier alpha value is -2.14. The Labute approximate surface area is 143 Å². The fraction of sp³-hybridized carbons (Fsp3) is 0.474. The first-order chi connectivity index (χ1) is 11.6. The number of carbonyl (C=O) groups excluding carboxylic acids is 2. The smallest absolute Gasteiger partial charge is 0.227 e. The van der Waals surface area contributed by atoms with Crippen molar-refractivity contribution in [1.29, 1.82) is 0 Å². The maximum absolute atomic E-state index is 12.2. The van der Waals surface area contributed by atoms with Crippen LogP contribution < -0.4 is 10.6 Å². The molecule has 0 heterocycles. The normalized spacial score (nSPS) is 18.0. The third-order valence-electron chi connectivity index (χ3n) is 4.30. The number of aliphatic hydroxyl groups excluding tert-OH is 1. The molecule has 130 valence electrons. The van der Waals surface area contributed by atoms with Gasteiger partial charge in [0, 0.05) is 11.6 Å². The number of carbonyl (C=O) groups is 2. The molecule has 0 spiro atoms. The molecule has 24 heavy (non-hydrogen) atoms. The molecule has 0 radical (unpaired) electrons. The lowest BCUT2D eigenvalue weighted by atomic mass is 9.93. The quantitative estimate of drug-likeness (QED) is 0.672. The second-order valence-corrected chi connectivity index (χ2v) is 6.20. The maximum Gasteiger partial charge on any atom is 0.227 e. The van der Waals surface area contributed by atoms with Gasteiger partial charge >= 0.3 is 0 Å². The van der Waals surface area contributed by atoms with Gasteiger partial charge in [0.1, 0.15) is 0 Å². The molecule has 5 nitrogen and oxygen atoms in total. The van der Waals surface area contributed by atoms with Gasteiger partial charge < -0.3 is 15.7 Å². The molecule has 1 aromatic rings. The Morgan fingerprint density at radius 2 is 2.00 bits per heavy atom. The van der Waals surface area contributed by atoms with E-state index in [0.717, 1.165) is 30.5 Å². The standard InChI is InChI=1S/C19H26N2O3/c1-2-16(13-22)20-18(23)12-14-8-10-17(11-9-14)21-19(24)15-6-4-3-5-7-15/h3-4,8-11,15-16,22H,2,5-7,12-13H2,1H3,(H,20,23)(H,21,24). The van der Waals surface area contributed by atoms with Crippen LogP contribution in [-0.2, 0) is 16.0 Å². The van der Waals surface area contributed by atoms with Gasteiger partial charge in [0.25, 0.3) is 0 Å². The molecule has 0 saturated heterocycles. The van der Waals surface area contributed by atoms with Crippen LogP contribution in [0.5, 0.6) is 0 Å². The molecule has 3 N–H and O–H groups in total. The Bertz CT molecular complexity index is 577. The molecule has 5 heteroatoms. The summed E-state index contributed by atoms with van der Waals surface area (Å²) in [5.41, 5.74) is 1.62. The number of rotatable bonds is 7. The van der Waals surface area contributed by atoms with Gasteiger partial charge in [-0.1, -0.05) is 31.2 Å². The van der Waals surface area contributed by atoms with E-state index in [-0.39, 0.29) is 36.8 Å². The van der Waals surface area contributed by atoms with Gasteiger partial charge in [0.05, 0.1) is 19.1 Å². The van der Waals surface area contributed by atoms with Crippen molar-refractivity contribution in [2.75, 3.05) is 11.9 Å². The highest BCUT2D eigenvalue weighted by Gasteiger charge is 2.18. The molecule has 1 aliphatic carbocycles. The average molecular weight is 330 g/mol. The molecule has 0 saturated carbocycles.